The number of rotatable bonds is 4. The van der Waals surface area contributed by atoms with E-state index in [4.69, 9.17) is 0 Å². The van der Waals surface area contributed by atoms with Gasteiger partial charge in [0.25, 0.3) is 0 Å². The lowest BCUT2D eigenvalue weighted by Gasteiger charge is -2.07. The van der Waals surface area contributed by atoms with Gasteiger partial charge in [-0.1, -0.05) is 0 Å². The summed E-state index contributed by atoms with van der Waals surface area (Å²) in [6.07, 6.45) is 14.9. The van der Waals surface area contributed by atoms with Crippen molar-refractivity contribution in [3.05, 3.63) is 90.1 Å². The summed E-state index contributed by atoms with van der Waals surface area (Å²) >= 11 is 0. The minimum atomic E-state index is -0.336. The maximum Gasteiger partial charge on any atom is 0.345 e. The predicted molar refractivity (Wildman–Crippen MR) is 150 cm³/mol. The number of nitrogens with one attached hydrogen (secondary N) is 1. The largest absolute Gasteiger partial charge is 0.345 e. The highest BCUT2D eigenvalue weighted by Crippen LogP contribution is 2.31. The number of aromatic amines is 1. The molecule has 6 heterocycles. The van der Waals surface area contributed by atoms with Gasteiger partial charge in [0, 0.05) is 71.2 Å². The van der Waals surface area contributed by atoms with Crippen LogP contribution in [0.25, 0.3) is 44.3 Å². The lowest BCUT2D eigenvalue weighted by molar-refractivity contribution is 0.622. The molecule has 0 aliphatic carbocycles. The highest BCUT2D eigenvalue weighted by Gasteiger charge is 2.14. The van der Waals surface area contributed by atoms with Crippen molar-refractivity contribution < 1.29 is 0 Å². The molecule has 0 fully saturated rings. The highest BCUT2D eigenvalue weighted by atomic mass is 16.1. The summed E-state index contributed by atoms with van der Waals surface area (Å²) in [5.41, 5.74) is 5.73. The molecule has 0 radical (unpaired) electrons. The van der Waals surface area contributed by atoms with Crippen molar-refractivity contribution in [2.45, 2.75) is 46.7 Å². The molecule has 0 amide bonds. The van der Waals surface area contributed by atoms with Gasteiger partial charge in [0.05, 0.1) is 34.8 Å². The first-order valence-corrected chi connectivity index (χ1v) is 12.6. The van der Waals surface area contributed by atoms with Crippen LogP contribution in [0, 0.1) is 6.92 Å². The van der Waals surface area contributed by atoms with Gasteiger partial charge in [-0.25, -0.2) is 19.7 Å². The Morgan fingerprint density at radius 3 is 1.89 bits per heavy atom. The molecule has 0 unspecified atom stereocenters. The van der Waals surface area contributed by atoms with Crippen LogP contribution in [0.15, 0.2) is 78.6 Å². The van der Waals surface area contributed by atoms with E-state index in [-0.39, 0.29) is 5.69 Å². The lowest BCUT2D eigenvalue weighted by Crippen LogP contribution is -2.09. The minimum absolute atomic E-state index is 0.328. The molecule has 0 saturated carbocycles. The van der Waals surface area contributed by atoms with Crippen LogP contribution >= 0.6 is 0 Å². The predicted octanol–water partition coefficient (Wildman–Crippen LogP) is 5.75. The summed E-state index contributed by atoms with van der Waals surface area (Å²) in [7, 11) is 0. The van der Waals surface area contributed by atoms with E-state index in [1.165, 1.54) is 11.6 Å². The monoisotopic (exact) mass is 506 g/mol. The number of nitrogens with zero attached hydrogens (tertiary/aromatic N) is 7. The van der Waals surface area contributed by atoms with Crippen molar-refractivity contribution in [3.8, 4) is 22.5 Å². The van der Waals surface area contributed by atoms with Gasteiger partial charge >= 0.3 is 5.69 Å². The first-order chi connectivity index (χ1) is 18.3. The Morgan fingerprint density at radius 1 is 0.737 bits per heavy atom. The summed E-state index contributed by atoms with van der Waals surface area (Å²) in [6, 6.07) is 8.48. The number of pyridine rings is 2. The van der Waals surface area contributed by atoms with Crippen LogP contribution in [0.1, 0.15) is 45.6 Å². The Kier molecular flexibility index (Phi) is 6.83. The second kappa shape index (κ2) is 10.4. The average Bonchev–Trinajstić information content (AvgIpc) is 3.49. The van der Waals surface area contributed by atoms with Crippen LogP contribution in [0.4, 0.5) is 0 Å². The van der Waals surface area contributed by atoms with E-state index < -0.39 is 0 Å². The molecule has 0 aromatic carbocycles. The van der Waals surface area contributed by atoms with Crippen LogP contribution in [-0.4, -0.2) is 39.0 Å². The number of H-pyrrole nitrogens is 1. The Hall–Kier alpha value is -4.66. The van der Waals surface area contributed by atoms with Crippen molar-refractivity contribution in [3.63, 3.8) is 0 Å². The Labute approximate surface area is 220 Å². The summed E-state index contributed by atoms with van der Waals surface area (Å²) < 4.78 is 4.38. The zero-order valence-electron chi connectivity index (χ0n) is 22.1. The van der Waals surface area contributed by atoms with Gasteiger partial charge in [0.15, 0.2) is 0 Å². The standard InChI is InChI=1S/C15H16N4.C14H14N4O/c1-10(2)19-9-13(12-4-6-16-8-15(12)19)14-5-7-17-11(3)18-14;1-9(2)18-8-11(10-3-5-15-7-13(10)18)12-4-6-16-14(19)17-12/h4-10H,1-3H3;3-9H,1-2H3,(H,16,17,19). The van der Waals surface area contributed by atoms with E-state index in [0.29, 0.717) is 12.1 Å². The first-order valence-electron chi connectivity index (χ1n) is 12.6. The molecule has 6 rings (SSSR count). The molecule has 6 aromatic rings. The molecule has 1 N–H and O–H groups in total. The van der Waals surface area contributed by atoms with Crippen LogP contribution in [0.2, 0.25) is 0 Å². The average molecular weight is 507 g/mol. The number of hydrogen-bond acceptors (Lipinski definition) is 6. The SMILES string of the molecule is CC(C)n1cc(-c2ccnc(=O)[nH]2)c2ccncc21.Cc1nccc(-c2cn(C(C)C)c3cnccc23)n1. The molecule has 0 atom stereocenters. The Morgan fingerprint density at radius 2 is 1.32 bits per heavy atom. The van der Waals surface area contributed by atoms with Gasteiger partial charge in [-0.3, -0.25) is 9.97 Å². The third-order valence-electron chi connectivity index (χ3n) is 6.40. The summed E-state index contributed by atoms with van der Waals surface area (Å²) in [6.45, 7) is 10.5. The number of aromatic nitrogens is 8. The number of aryl methyl sites for hydroxylation is 1. The molecule has 9 heteroatoms. The van der Waals surface area contributed by atoms with Gasteiger partial charge in [-0.2, -0.15) is 0 Å². The maximum absolute atomic E-state index is 11.4. The van der Waals surface area contributed by atoms with Gasteiger partial charge < -0.3 is 14.1 Å². The highest BCUT2D eigenvalue weighted by molar-refractivity contribution is 5.95. The molecule has 0 bridgehead atoms. The molecule has 38 heavy (non-hydrogen) atoms. The van der Waals surface area contributed by atoms with Gasteiger partial charge in [-0.15, -0.1) is 0 Å². The topological polar surface area (TPSA) is 107 Å². The molecule has 0 aliphatic rings. The van der Waals surface area contributed by atoms with E-state index in [1.54, 1.807) is 18.5 Å². The molecule has 9 nitrogen and oxygen atoms in total. The van der Waals surface area contributed by atoms with Crippen molar-refractivity contribution in [1.82, 2.24) is 39.0 Å². The zero-order chi connectivity index (χ0) is 26.8. The van der Waals surface area contributed by atoms with E-state index in [2.05, 4.69) is 72.9 Å². The summed E-state index contributed by atoms with van der Waals surface area (Å²) in [5, 5.41) is 2.26. The fourth-order valence-corrected chi connectivity index (χ4v) is 4.60. The maximum atomic E-state index is 11.4. The molecular weight excluding hydrogens is 476 g/mol. The molecule has 0 aliphatic heterocycles. The number of hydrogen-bond donors (Lipinski definition) is 1. The van der Waals surface area contributed by atoms with Crippen LogP contribution in [0.5, 0.6) is 0 Å². The fraction of sp³-hybridized carbons (Fsp3) is 0.241. The smallest absolute Gasteiger partial charge is 0.343 e. The fourth-order valence-electron chi connectivity index (χ4n) is 4.60. The van der Waals surface area contributed by atoms with Crippen molar-refractivity contribution in [1.29, 1.82) is 0 Å². The Bertz CT molecular complexity index is 1780. The third kappa shape index (κ3) is 4.82. The van der Waals surface area contributed by atoms with E-state index in [9.17, 15) is 4.79 Å². The van der Waals surface area contributed by atoms with E-state index in [1.807, 2.05) is 49.9 Å². The van der Waals surface area contributed by atoms with Crippen molar-refractivity contribution in [2.24, 2.45) is 0 Å². The summed E-state index contributed by atoms with van der Waals surface area (Å²) in [5.74, 6) is 0.789. The van der Waals surface area contributed by atoms with Crippen LogP contribution in [-0.2, 0) is 0 Å². The van der Waals surface area contributed by atoms with Gasteiger partial charge in [-0.05, 0) is 58.9 Å². The van der Waals surface area contributed by atoms with Crippen LogP contribution < -0.4 is 5.69 Å². The minimum Gasteiger partial charge on any atom is -0.343 e. The first kappa shape index (κ1) is 25.0. The lowest BCUT2D eigenvalue weighted by atomic mass is 10.1. The van der Waals surface area contributed by atoms with Crippen molar-refractivity contribution >= 4 is 21.8 Å². The van der Waals surface area contributed by atoms with E-state index in [0.717, 1.165) is 44.8 Å². The quantitative estimate of drug-likeness (QED) is 0.326. The Balaban J connectivity index is 0.000000155. The molecule has 0 spiro atoms. The third-order valence-corrected chi connectivity index (χ3v) is 6.40. The van der Waals surface area contributed by atoms with Crippen LogP contribution in [0.3, 0.4) is 0 Å². The molecule has 192 valence electrons. The molecule has 0 saturated heterocycles. The van der Waals surface area contributed by atoms with Gasteiger partial charge in [0.1, 0.15) is 5.82 Å². The second-order valence-corrected chi connectivity index (χ2v) is 9.65. The molecular formula is C29H30N8O. The number of fused-ring (bicyclic) bond motifs is 2. The normalized spacial score (nSPS) is 11.3. The van der Waals surface area contributed by atoms with E-state index >= 15 is 0 Å². The molecule has 6 aromatic heterocycles. The van der Waals surface area contributed by atoms with Gasteiger partial charge in [0.2, 0.25) is 0 Å². The second-order valence-electron chi connectivity index (χ2n) is 9.65. The summed E-state index contributed by atoms with van der Waals surface area (Å²) in [4.78, 5) is 34.9. The zero-order valence-corrected chi connectivity index (χ0v) is 22.1. The van der Waals surface area contributed by atoms with Crippen molar-refractivity contribution in [2.75, 3.05) is 0 Å².